The predicted molar refractivity (Wildman–Crippen MR) is 56.5 cm³/mol. The summed E-state index contributed by atoms with van der Waals surface area (Å²) in [5, 5.41) is 10.9. The van der Waals surface area contributed by atoms with Crippen LogP contribution in [0.1, 0.15) is 17.3 Å². The lowest BCUT2D eigenvalue weighted by molar-refractivity contribution is -0.138. The normalized spacial score (nSPS) is 11.9. The lowest BCUT2D eigenvalue weighted by Gasteiger charge is -2.09. The molecule has 0 saturated heterocycles. The Morgan fingerprint density at radius 1 is 1.60 bits per heavy atom. The first kappa shape index (κ1) is 11.6. The van der Waals surface area contributed by atoms with Crippen molar-refractivity contribution in [3.8, 4) is 0 Å². The number of nitrogens with one attached hydrogen (secondary N) is 1. The fourth-order valence-electron chi connectivity index (χ4n) is 0.895. The van der Waals surface area contributed by atoms with Crippen molar-refractivity contribution in [2.75, 3.05) is 0 Å². The highest BCUT2D eigenvalue weighted by Gasteiger charge is 2.16. The summed E-state index contributed by atoms with van der Waals surface area (Å²) in [7, 11) is 0. The van der Waals surface area contributed by atoms with Crippen LogP contribution in [-0.2, 0) is 4.79 Å². The monoisotopic (exact) mass is 272 g/mol. The molecule has 0 saturated carbocycles. The van der Waals surface area contributed by atoms with E-state index in [1.54, 1.807) is 0 Å². The van der Waals surface area contributed by atoms with Crippen LogP contribution in [0, 0.1) is 0 Å². The van der Waals surface area contributed by atoms with Gasteiger partial charge in [-0.2, -0.15) is 0 Å². The van der Waals surface area contributed by atoms with Crippen molar-refractivity contribution >= 4 is 27.8 Å². The maximum absolute atomic E-state index is 11.5. The van der Waals surface area contributed by atoms with E-state index in [-0.39, 0.29) is 0 Å². The minimum absolute atomic E-state index is 0.359. The van der Waals surface area contributed by atoms with Crippen LogP contribution >= 0.6 is 15.9 Å². The van der Waals surface area contributed by atoms with E-state index in [1.807, 2.05) is 0 Å². The van der Waals surface area contributed by atoms with Gasteiger partial charge in [-0.1, -0.05) is 0 Å². The van der Waals surface area contributed by atoms with E-state index in [1.165, 1.54) is 25.4 Å². The second-order valence-electron chi connectivity index (χ2n) is 2.89. The third kappa shape index (κ3) is 3.02. The summed E-state index contributed by atoms with van der Waals surface area (Å²) in [6.45, 7) is 1.40. The Labute approximate surface area is 94.6 Å². The van der Waals surface area contributed by atoms with Crippen molar-refractivity contribution in [3.05, 3.63) is 28.5 Å². The van der Waals surface area contributed by atoms with Crippen molar-refractivity contribution in [1.82, 2.24) is 10.3 Å². The Hall–Kier alpha value is -1.43. The molecule has 6 heteroatoms. The van der Waals surface area contributed by atoms with Gasteiger partial charge in [0.2, 0.25) is 0 Å². The molecule has 5 nitrogen and oxygen atoms in total. The summed E-state index contributed by atoms with van der Waals surface area (Å²) < 4.78 is 0.528. The summed E-state index contributed by atoms with van der Waals surface area (Å²) in [6.07, 6.45) is 2.94. The molecule has 0 aliphatic carbocycles. The quantitative estimate of drug-likeness (QED) is 0.862. The number of carboxylic acid groups (broad SMARTS) is 1. The van der Waals surface area contributed by atoms with E-state index in [0.717, 1.165) is 0 Å². The van der Waals surface area contributed by atoms with Crippen LogP contribution in [-0.4, -0.2) is 28.0 Å². The van der Waals surface area contributed by atoms with Crippen LogP contribution in [0.2, 0.25) is 0 Å². The molecule has 0 aromatic carbocycles. The van der Waals surface area contributed by atoms with E-state index in [4.69, 9.17) is 5.11 Å². The molecule has 0 bridgehead atoms. The SMILES string of the molecule is CC(NC(=O)c1ccncc1Br)C(=O)O. The van der Waals surface area contributed by atoms with Gasteiger partial charge >= 0.3 is 5.97 Å². The summed E-state index contributed by atoms with van der Waals surface area (Å²) in [5.74, 6) is -1.52. The molecule has 1 amide bonds. The van der Waals surface area contributed by atoms with Crippen molar-refractivity contribution in [2.24, 2.45) is 0 Å². The van der Waals surface area contributed by atoms with Gasteiger partial charge in [-0.05, 0) is 28.9 Å². The zero-order valence-corrected chi connectivity index (χ0v) is 9.48. The van der Waals surface area contributed by atoms with E-state index >= 15 is 0 Å². The molecule has 15 heavy (non-hydrogen) atoms. The molecule has 0 fully saturated rings. The number of aliphatic carboxylic acids is 1. The van der Waals surface area contributed by atoms with E-state index in [0.29, 0.717) is 10.0 Å². The topological polar surface area (TPSA) is 79.3 Å². The fraction of sp³-hybridized carbons (Fsp3) is 0.222. The zero-order chi connectivity index (χ0) is 11.4. The third-order valence-electron chi connectivity index (χ3n) is 1.74. The smallest absolute Gasteiger partial charge is 0.325 e. The van der Waals surface area contributed by atoms with Gasteiger partial charge in [0.25, 0.3) is 5.91 Å². The van der Waals surface area contributed by atoms with Crippen LogP contribution in [0.4, 0.5) is 0 Å². The number of carboxylic acids is 1. The highest BCUT2D eigenvalue weighted by atomic mass is 79.9. The number of nitrogens with zero attached hydrogens (tertiary/aromatic N) is 1. The van der Waals surface area contributed by atoms with Gasteiger partial charge in [0.1, 0.15) is 6.04 Å². The van der Waals surface area contributed by atoms with E-state index in [2.05, 4.69) is 26.2 Å². The molecule has 1 atom stereocenters. The minimum Gasteiger partial charge on any atom is -0.480 e. The van der Waals surface area contributed by atoms with E-state index in [9.17, 15) is 9.59 Å². The number of hydrogen-bond acceptors (Lipinski definition) is 3. The van der Waals surface area contributed by atoms with E-state index < -0.39 is 17.9 Å². The first-order valence-electron chi connectivity index (χ1n) is 4.15. The molecule has 1 aromatic rings. The molecule has 80 valence electrons. The number of halogens is 1. The van der Waals surface area contributed by atoms with Gasteiger partial charge < -0.3 is 10.4 Å². The largest absolute Gasteiger partial charge is 0.480 e. The lowest BCUT2D eigenvalue weighted by Crippen LogP contribution is -2.38. The number of rotatable bonds is 3. The molecule has 0 spiro atoms. The zero-order valence-electron chi connectivity index (χ0n) is 7.90. The van der Waals surface area contributed by atoms with Crippen molar-refractivity contribution < 1.29 is 14.7 Å². The van der Waals surface area contributed by atoms with Crippen LogP contribution in [0.3, 0.4) is 0 Å². The number of hydrogen-bond donors (Lipinski definition) is 2. The molecular weight excluding hydrogens is 264 g/mol. The molecular formula is C9H9BrN2O3. The molecule has 1 rings (SSSR count). The Kier molecular flexibility index (Phi) is 3.79. The third-order valence-corrected chi connectivity index (χ3v) is 2.37. The molecule has 2 N–H and O–H groups in total. The summed E-state index contributed by atoms with van der Waals surface area (Å²) in [6, 6.07) is 0.589. The molecule has 1 heterocycles. The van der Waals surface area contributed by atoms with Crippen molar-refractivity contribution in [3.63, 3.8) is 0 Å². The molecule has 0 aliphatic rings. The standard InChI is InChI=1S/C9H9BrN2O3/c1-5(9(14)15)12-8(13)6-2-3-11-4-7(6)10/h2-5H,1H3,(H,12,13)(H,14,15). The van der Waals surface area contributed by atoms with Crippen LogP contribution < -0.4 is 5.32 Å². The van der Waals surface area contributed by atoms with Crippen molar-refractivity contribution in [2.45, 2.75) is 13.0 Å². The van der Waals surface area contributed by atoms with Gasteiger partial charge in [0, 0.05) is 16.9 Å². The lowest BCUT2D eigenvalue weighted by atomic mass is 10.2. The number of aromatic nitrogens is 1. The highest BCUT2D eigenvalue weighted by Crippen LogP contribution is 2.13. The number of carbonyl (C=O) groups is 2. The Morgan fingerprint density at radius 3 is 2.80 bits per heavy atom. The number of carbonyl (C=O) groups excluding carboxylic acids is 1. The fourth-order valence-corrected chi connectivity index (χ4v) is 1.33. The average Bonchev–Trinajstić information content (AvgIpc) is 2.18. The maximum atomic E-state index is 11.5. The van der Waals surface area contributed by atoms with Gasteiger partial charge in [-0.25, -0.2) is 0 Å². The molecule has 0 radical (unpaired) electrons. The van der Waals surface area contributed by atoms with Gasteiger partial charge in [-0.15, -0.1) is 0 Å². The molecule has 1 unspecified atom stereocenters. The van der Waals surface area contributed by atoms with Gasteiger partial charge in [-0.3, -0.25) is 14.6 Å². The summed E-state index contributed by atoms with van der Waals surface area (Å²) in [5.41, 5.74) is 0.359. The van der Waals surface area contributed by atoms with Crippen LogP contribution in [0.25, 0.3) is 0 Å². The second-order valence-corrected chi connectivity index (χ2v) is 3.74. The Morgan fingerprint density at radius 2 is 2.27 bits per heavy atom. The molecule has 1 aromatic heterocycles. The van der Waals surface area contributed by atoms with Crippen LogP contribution in [0.5, 0.6) is 0 Å². The van der Waals surface area contributed by atoms with Crippen LogP contribution in [0.15, 0.2) is 22.9 Å². The first-order valence-corrected chi connectivity index (χ1v) is 4.95. The minimum atomic E-state index is -1.08. The van der Waals surface area contributed by atoms with Gasteiger partial charge in [0.05, 0.1) is 5.56 Å². The Bertz CT molecular complexity index is 395. The maximum Gasteiger partial charge on any atom is 0.325 e. The number of amides is 1. The predicted octanol–water partition coefficient (Wildman–Crippen LogP) is 1.05. The summed E-state index contributed by atoms with van der Waals surface area (Å²) in [4.78, 5) is 25.9. The average molecular weight is 273 g/mol. The number of pyridine rings is 1. The second kappa shape index (κ2) is 4.88. The molecule has 0 aliphatic heterocycles. The first-order chi connectivity index (χ1) is 7.02. The van der Waals surface area contributed by atoms with Gasteiger partial charge in [0.15, 0.2) is 0 Å². The highest BCUT2D eigenvalue weighted by molar-refractivity contribution is 9.10. The summed E-state index contributed by atoms with van der Waals surface area (Å²) >= 11 is 3.15. The van der Waals surface area contributed by atoms with Crippen molar-refractivity contribution in [1.29, 1.82) is 0 Å². The Balaban J connectivity index is 2.78.